The number of aliphatic imine (C=N–C) groups is 1. The highest BCUT2D eigenvalue weighted by Crippen LogP contribution is 2.01. The van der Waals surface area contributed by atoms with E-state index in [2.05, 4.69) is 4.99 Å². The van der Waals surface area contributed by atoms with E-state index in [4.69, 9.17) is 15.3 Å². The number of ether oxygens (including phenoxy) is 1. The maximum Gasteiger partial charge on any atom is 0.207 e. The number of nitrogens with zero attached hydrogens (tertiary/aromatic N) is 4. The Bertz CT molecular complexity index is 267. The highest BCUT2D eigenvalue weighted by molar-refractivity contribution is 5.85. The van der Waals surface area contributed by atoms with Crippen LogP contribution in [0.5, 0.6) is 0 Å². The monoisotopic (exact) mass is 178 g/mol. The molecule has 0 saturated carbocycles. The maximum atomic E-state index is 8.50. The first kappa shape index (κ1) is 9.50. The van der Waals surface area contributed by atoms with Crippen LogP contribution in [0.25, 0.3) is 0 Å². The van der Waals surface area contributed by atoms with Crippen LogP contribution in [-0.2, 0) is 4.74 Å². The fourth-order valence-electron chi connectivity index (χ4n) is 1.17. The van der Waals surface area contributed by atoms with E-state index in [1.807, 2.05) is 11.0 Å². The molecule has 1 fully saturated rings. The summed E-state index contributed by atoms with van der Waals surface area (Å²) >= 11 is 0. The second-order valence-corrected chi connectivity index (χ2v) is 2.56. The molecule has 0 aromatic carbocycles. The van der Waals surface area contributed by atoms with E-state index in [0.717, 1.165) is 0 Å². The molecule has 0 unspecified atom stereocenters. The van der Waals surface area contributed by atoms with Crippen molar-refractivity contribution in [3.8, 4) is 12.3 Å². The number of morpholine rings is 1. The minimum Gasteiger partial charge on any atom is -0.378 e. The number of hydrogen-bond acceptors (Lipinski definition) is 4. The SMILES string of the molecule is N#CCC(=NC#N)N1CCOCC1. The quantitative estimate of drug-likeness (QED) is 0.324. The van der Waals surface area contributed by atoms with Crippen molar-refractivity contribution in [3.05, 3.63) is 0 Å². The van der Waals surface area contributed by atoms with Gasteiger partial charge in [-0.2, -0.15) is 15.5 Å². The van der Waals surface area contributed by atoms with Crippen LogP contribution >= 0.6 is 0 Å². The molecule has 0 aliphatic carbocycles. The summed E-state index contributed by atoms with van der Waals surface area (Å²) in [5, 5.41) is 16.9. The van der Waals surface area contributed by atoms with Gasteiger partial charge in [0.25, 0.3) is 0 Å². The van der Waals surface area contributed by atoms with Gasteiger partial charge in [-0.15, -0.1) is 0 Å². The van der Waals surface area contributed by atoms with Gasteiger partial charge in [-0.05, 0) is 0 Å². The zero-order valence-corrected chi connectivity index (χ0v) is 7.23. The van der Waals surface area contributed by atoms with E-state index < -0.39 is 0 Å². The van der Waals surface area contributed by atoms with Gasteiger partial charge in [0.2, 0.25) is 6.19 Å². The Morgan fingerprint density at radius 2 is 2.08 bits per heavy atom. The summed E-state index contributed by atoms with van der Waals surface area (Å²) in [7, 11) is 0. The Labute approximate surface area is 76.8 Å². The van der Waals surface area contributed by atoms with Crippen molar-refractivity contribution < 1.29 is 4.74 Å². The molecule has 0 atom stereocenters. The number of hydrogen-bond donors (Lipinski definition) is 0. The molecule has 1 heterocycles. The van der Waals surface area contributed by atoms with Crippen molar-refractivity contribution >= 4 is 5.84 Å². The minimum atomic E-state index is 0.188. The van der Waals surface area contributed by atoms with Crippen LogP contribution in [0.1, 0.15) is 6.42 Å². The molecule has 0 radical (unpaired) electrons. The Kier molecular flexibility index (Phi) is 3.74. The zero-order chi connectivity index (χ0) is 9.52. The molecular weight excluding hydrogens is 168 g/mol. The third-order valence-corrected chi connectivity index (χ3v) is 1.79. The van der Waals surface area contributed by atoms with Crippen molar-refractivity contribution in [1.29, 1.82) is 10.5 Å². The van der Waals surface area contributed by atoms with Crippen LogP contribution in [0.2, 0.25) is 0 Å². The van der Waals surface area contributed by atoms with Crippen molar-refractivity contribution in [2.45, 2.75) is 6.42 Å². The molecule has 0 N–H and O–H groups in total. The predicted molar refractivity (Wildman–Crippen MR) is 45.7 cm³/mol. The molecule has 0 aromatic rings. The first-order chi connectivity index (χ1) is 6.38. The zero-order valence-electron chi connectivity index (χ0n) is 7.23. The van der Waals surface area contributed by atoms with E-state index in [1.54, 1.807) is 6.19 Å². The molecule has 0 aromatic heterocycles. The maximum absolute atomic E-state index is 8.50. The minimum absolute atomic E-state index is 0.188. The average Bonchev–Trinajstić information content (AvgIpc) is 2.19. The normalized spacial score (nSPS) is 17.7. The number of nitriles is 2. The highest BCUT2D eigenvalue weighted by Gasteiger charge is 2.14. The lowest BCUT2D eigenvalue weighted by atomic mass is 10.3. The summed E-state index contributed by atoms with van der Waals surface area (Å²) in [6, 6.07) is 1.99. The Morgan fingerprint density at radius 3 is 2.62 bits per heavy atom. The van der Waals surface area contributed by atoms with Gasteiger partial charge in [0.15, 0.2) is 0 Å². The van der Waals surface area contributed by atoms with Crippen LogP contribution < -0.4 is 0 Å². The second kappa shape index (κ2) is 5.13. The second-order valence-electron chi connectivity index (χ2n) is 2.56. The van der Waals surface area contributed by atoms with Gasteiger partial charge in [0.05, 0.1) is 25.7 Å². The molecule has 0 amide bonds. The van der Waals surface area contributed by atoms with Crippen LogP contribution in [-0.4, -0.2) is 37.0 Å². The van der Waals surface area contributed by atoms with E-state index in [0.29, 0.717) is 32.1 Å². The lowest BCUT2D eigenvalue weighted by Crippen LogP contribution is -2.40. The molecule has 13 heavy (non-hydrogen) atoms. The first-order valence-corrected chi connectivity index (χ1v) is 4.03. The Balaban J connectivity index is 2.59. The van der Waals surface area contributed by atoms with Crippen molar-refractivity contribution in [3.63, 3.8) is 0 Å². The van der Waals surface area contributed by atoms with E-state index in [9.17, 15) is 0 Å². The summed E-state index contributed by atoms with van der Waals surface area (Å²) in [5.41, 5.74) is 0. The van der Waals surface area contributed by atoms with Gasteiger partial charge in [-0.1, -0.05) is 0 Å². The van der Waals surface area contributed by atoms with Gasteiger partial charge < -0.3 is 9.64 Å². The van der Waals surface area contributed by atoms with Crippen molar-refractivity contribution in [2.75, 3.05) is 26.3 Å². The molecule has 0 spiro atoms. The van der Waals surface area contributed by atoms with Crippen molar-refractivity contribution in [1.82, 2.24) is 4.90 Å². The summed E-state index contributed by atoms with van der Waals surface area (Å²) < 4.78 is 5.14. The number of amidine groups is 1. The van der Waals surface area contributed by atoms with Gasteiger partial charge in [-0.3, -0.25) is 0 Å². The molecule has 1 aliphatic heterocycles. The fraction of sp³-hybridized carbons (Fsp3) is 0.625. The summed E-state index contributed by atoms with van der Waals surface area (Å²) in [4.78, 5) is 5.52. The highest BCUT2D eigenvalue weighted by atomic mass is 16.5. The Hall–Kier alpha value is -1.59. The van der Waals surface area contributed by atoms with Gasteiger partial charge in [0.1, 0.15) is 5.84 Å². The summed E-state index contributed by atoms with van der Waals surface area (Å²) in [6.07, 6.45) is 1.89. The molecule has 1 aliphatic rings. The van der Waals surface area contributed by atoms with Crippen LogP contribution in [0.3, 0.4) is 0 Å². The smallest absolute Gasteiger partial charge is 0.207 e. The third-order valence-electron chi connectivity index (χ3n) is 1.79. The van der Waals surface area contributed by atoms with Crippen molar-refractivity contribution in [2.24, 2.45) is 4.99 Å². The largest absolute Gasteiger partial charge is 0.378 e. The lowest BCUT2D eigenvalue weighted by molar-refractivity contribution is 0.0675. The first-order valence-electron chi connectivity index (χ1n) is 4.03. The summed E-state index contributed by atoms with van der Waals surface area (Å²) in [5.74, 6) is 0.549. The topological polar surface area (TPSA) is 72.4 Å². The van der Waals surface area contributed by atoms with Gasteiger partial charge in [-0.25, -0.2) is 0 Å². The third kappa shape index (κ3) is 2.73. The van der Waals surface area contributed by atoms with Gasteiger partial charge in [0, 0.05) is 13.1 Å². The molecule has 1 saturated heterocycles. The van der Waals surface area contributed by atoms with Crippen LogP contribution in [0.4, 0.5) is 0 Å². The predicted octanol–water partition coefficient (Wildman–Crippen LogP) is 0.112. The summed E-state index contributed by atoms with van der Waals surface area (Å²) in [6.45, 7) is 2.69. The van der Waals surface area contributed by atoms with Crippen LogP contribution in [0.15, 0.2) is 4.99 Å². The lowest BCUT2D eigenvalue weighted by Gasteiger charge is -2.28. The standard InChI is InChI=1S/C8H10N4O/c9-2-1-8(11-7-10)12-3-5-13-6-4-12/h1,3-6H2. The number of rotatable bonds is 1. The molecule has 5 heteroatoms. The molecule has 0 bridgehead atoms. The molecular formula is C8H10N4O. The van der Waals surface area contributed by atoms with Gasteiger partial charge >= 0.3 is 0 Å². The van der Waals surface area contributed by atoms with E-state index in [-0.39, 0.29) is 6.42 Å². The van der Waals surface area contributed by atoms with Crippen LogP contribution in [0, 0.1) is 22.8 Å². The van der Waals surface area contributed by atoms with E-state index >= 15 is 0 Å². The fourth-order valence-corrected chi connectivity index (χ4v) is 1.17. The van der Waals surface area contributed by atoms with E-state index in [1.165, 1.54) is 0 Å². The molecule has 1 rings (SSSR count). The molecule has 5 nitrogen and oxygen atoms in total. The Morgan fingerprint density at radius 1 is 1.38 bits per heavy atom. The molecule has 68 valence electrons. The average molecular weight is 178 g/mol.